The summed E-state index contributed by atoms with van der Waals surface area (Å²) in [6.45, 7) is 6.52. The van der Waals surface area contributed by atoms with E-state index in [1.807, 2.05) is 31.2 Å². The summed E-state index contributed by atoms with van der Waals surface area (Å²) in [5.41, 5.74) is 1.98. The van der Waals surface area contributed by atoms with Crippen LogP contribution in [0.15, 0.2) is 24.3 Å². The summed E-state index contributed by atoms with van der Waals surface area (Å²) >= 11 is 0. The summed E-state index contributed by atoms with van der Waals surface area (Å²) in [6.07, 6.45) is 0.563. The van der Waals surface area contributed by atoms with Gasteiger partial charge in [-0.2, -0.15) is 0 Å². The second kappa shape index (κ2) is 5.32. The van der Waals surface area contributed by atoms with Crippen molar-refractivity contribution < 1.29 is 9.53 Å². The molecule has 1 aromatic rings. The minimum atomic E-state index is 0.201. The molecule has 3 nitrogen and oxygen atoms in total. The van der Waals surface area contributed by atoms with Crippen molar-refractivity contribution >= 4 is 11.5 Å². The van der Waals surface area contributed by atoms with Gasteiger partial charge in [0.25, 0.3) is 0 Å². The highest BCUT2D eigenvalue weighted by Crippen LogP contribution is 2.20. The lowest BCUT2D eigenvalue weighted by Crippen LogP contribution is -2.43. The zero-order valence-electron chi connectivity index (χ0n) is 10.5. The first-order chi connectivity index (χ1) is 8.22. The number of carbonyl (C=O) groups is 1. The summed E-state index contributed by atoms with van der Waals surface area (Å²) < 4.78 is 5.42. The molecular formula is C14H19NO2. The molecule has 0 bridgehead atoms. The summed E-state index contributed by atoms with van der Waals surface area (Å²) in [6, 6.07) is 8.30. The standard InChI is InChI=1S/C14H19NO2/c1-3-14(16)12-4-6-13(7-5-12)15-8-9-17-10-11(15)2/h4-7,11H,3,8-10H2,1-2H3. The number of nitrogens with zero attached hydrogens (tertiary/aromatic N) is 1. The molecule has 0 N–H and O–H groups in total. The van der Waals surface area contributed by atoms with Crippen LogP contribution in [0.4, 0.5) is 5.69 Å². The molecule has 1 heterocycles. The monoisotopic (exact) mass is 233 g/mol. The van der Waals surface area contributed by atoms with Crippen LogP contribution in [-0.4, -0.2) is 31.6 Å². The van der Waals surface area contributed by atoms with E-state index < -0.39 is 0 Å². The fourth-order valence-corrected chi connectivity index (χ4v) is 2.15. The predicted molar refractivity (Wildman–Crippen MR) is 68.7 cm³/mol. The van der Waals surface area contributed by atoms with E-state index in [2.05, 4.69) is 11.8 Å². The number of anilines is 1. The normalized spacial score (nSPS) is 20.4. The smallest absolute Gasteiger partial charge is 0.162 e. The summed E-state index contributed by atoms with van der Waals surface area (Å²) in [4.78, 5) is 13.9. The number of benzene rings is 1. The second-order valence-electron chi connectivity index (χ2n) is 4.44. The Balaban J connectivity index is 2.14. The fraction of sp³-hybridized carbons (Fsp3) is 0.500. The predicted octanol–water partition coefficient (Wildman–Crippen LogP) is 2.50. The molecule has 0 saturated carbocycles. The van der Waals surface area contributed by atoms with Gasteiger partial charge in [0, 0.05) is 30.3 Å². The third-order valence-corrected chi connectivity index (χ3v) is 3.21. The van der Waals surface area contributed by atoms with Crippen LogP contribution in [0.25, 0.3) is 0 Å². The minimum absolute atomic E-state index is 0.201. The first-order valence-electron chi connectivity index (χ1n) is 6.20. The Morgan fingerprint density at radius 2 is 2.12 bits per heavy atom. The Morgan fingerprint density at radius 1 is 1.41 bits per heavy atom. The number of morpholine rings is 1. The van der Waals surface area contributed by atoms with Gasteiger partial charge in [-0.3, -0.25) is 4.79 Å². The quantitative estimate of drug-likeness (QED) is 0.751. The minimum Gasteiger partial charge on any atom is -0.377 e. The van der Waals surface area contributed by atoms with Crippen molar-refractivity contribution in [1.82, 2.24) is 0 Å². The SMILES string of the molecule is CCC(=O)c1ccc(N2CCOCC2C)cc1. The molecular weight excluding hydrogens is 214 g/mol. The molecule has 3 heteroatoms. The van der Waals surface area contributed by atoms with Crippen molar-refractivity contribution in [3.05, 3.63) is 29.8 Å². The molecule has 1 fully saturated rings. The Labute approximate surface area is 102 Å². The summed E-state index contributed by atoms with van der Waals surface area (Å²) in [5.74, 6) is 0.201. The van der Waals surface area contributed by atoms with Crippen LogP contribution in [0.1, 0.15) is 30.6 Å². The van der Waals surface area contributed by atoms with Crippen LogP contribution in [0.3, 0.4) is 0 Å². The van der Waals surface area contributed by atoms with Gasteiger partial charge >= 0.3 is 0 Å². The molecule has 92 valence electrons. The Morgan fingerprint density at radius 3 is 2.71 bits per heavy atom. The van der Waals surface area contributed by atoms with E-state index in [1.54, 1.807) is 0 Å². The molecule has 1 aliphatic rings. The van der Waals surface area contributed by atoms with Crippen LogP contribution in [-0.2, 0) is 4.74 Å². The molecule has 1 aliphatic heterocycles. The third kappa shape index (κ3) is 2.67. The van der Waals surface area contributed by atoms with Crippen LogP contribution in [0.2, 0.25) is 0 Å². The van der Waals surface area contributed by atoms with Crippen LogP contribution in [0.5, 0.6) is 0 Å². The summed E-state index contributed by atoms with van der Waals surface area (Å²) in [5, 5.41) is 0. The Kier molecular flexibility index (Phi) is 3.79. The van der Waals surface area contributed by atoms with Gasteiger partial charge < -0.3 is 9.64 Å². The lowest BCUT2D eigenvalue weighted by molar-refractivity contribution is 0.0983. The van der Waals surface area contributed by atoms with E-state index in [0.717, 1.165) is 25.3 Å². The lowest BCUT2D eigenvalue weighted by atomic mass is 10.1. The van der Waals surface area contributed by atoms with Gasteiger partial charge in [0.1, 0.15) is 0 Å². The number of ketones is 1. The van der Waals surface area contributed by atoms with Gasteiger partial charge in [-0.05, 0) is 31.2 Å². The number of hydrogen-bond acceptors (Lipinski definition) is 3. The topological polar surface area (TPSA) is 29.5 Å². The zero-order valence-corrected chi connectivity index (χ0v) is 10.5. The van der Waals surface area contributed by atoms with Gasteiger partial charge in [0.15, 0.2) is 5.78 Å². The van der Waals surface area contributed by atoms with E-state index >= 15 is 0 Å². The molecule has 0 aromatic heterocycles. The second-order valence-corrected chi connectivity index (χ2v) is 4.44. The van der Waals surface area contributed by atoms with Gasteiger partial charge in [0.2, 0.25) is 0 Å². The lowest BCUT2D eigenvalue weighted by Gasteiger charge is -2.35. The van der Waals surface area contributed by atoms with E-state index in [-0.39, 0.29) is 5.78 Å². The molecule has 2 rings (SSSR count). The highest BCUT2D eigenvalue weighted by Gasteiger charge is 2.18. The Bertz CT molecular complexity index is 386. The average Bonchev–Trinajstić information content (AvgIpc) is 2.39. The summed E-state index contributed by atoms with van der Waals surface area (Å²) in [7, 11) is 0. The number of hydrogen-bond donors (Lipinski definition) is 0. The first kappa shape index (κ1) is 12.1. The van der Waals surface area contributed by atoms with Crippen molar-refractivity contribution in [3.8, 4) is 0 Å². The van der Waals surface area contributed by atoms with Crippen molar-refractivity contribution in [2.45, 2.75) is 26.3 Å². The molecule has 1 atom stereocenters. The largest absolute Gasteiger partial charge is 0.377 e. The highest BCUT2D eigenvalue weighted by molar-refractivity contribution is 5.96. The van der Waals surface area contributed by atoms with Gasteiger partial charge in [-0.25, -0.2) is 0 Å². The molecule has 17 heavy (non-hydrogen) atoms. The number of ether oxygens (including phenoxy) is 1. The molecule has 0 aliphatic carbocycles. The molecule has 0 amide bonds. The van der Waals surface area contributed by atoms with E-state index in [4.69, 9.17) is 4.74 Å². The van der Waals surface area contributed by atoms with Crippen molar-refractivity contribution in [1.29, 1.82) is 0 Å². The average molecular weight is 233 g/mol. The van der Waals surface area contributed by atoms with Crippen LogP contribution < -0.4 is 4.90 Å². The zero-order chi connectivity index (χ0) is 12.3. The maximum absolute atomic E-state index is 11.5. The van der Waals surface area contributed by atoms with Crippen molar-refractivity contribution in [2.75, 3.05) is 24.7 Å². The molecule has 0 spiro atoms. The molecule has 1 aromatic carbocycles. The number of rotatable bonds is 3. The van der Waals surface area contributed by atoms with E-state index in [0.29, 0.717) is 12.5 Å². The maximum Gasteiger partial charge on any atom is 0.162 e. The molecule has 0 radical (unpaired) electrons. The number of Topliss-reactive ketones (excluding diaryl/α,β-unsaturated/α-hetero) is 1. The number of carbonyl (C=O) groups excluding carboxylic acids is 1. The van der Waals surface area contributed by atoms with Gasteiger partial charge in [-0.1, -0.05) is 6.92 Å². The van der Waals surface area contributed by atoms with E-state index in [9.17, 15) is 4.79 Å². The van der Waals surface area contributed by atoms with E-state index in [1.165, 1.54) is 5.69 Å². The molecule has 1 unspecified atom stereocenters. The highest BCUT2D eigenvalue weighted by atomic mass is 16.5. The molecule has 1 saturated heterocycles. The van der Waals surface area contributed by atoms with Crippen LogP contribution >= 0.6 is 0 Å². The fourth-order valence-electron chi connectivity index (χ4n) is 2.15. The van der Waals surface area contributed by atoms with Crippen molar-refractivity contribution in [2.24, 2.45) is 0 Å². The third-order valence-electron chi connectivity index (χ3n) is 3.21. The van der Waals surface area contributed by atoms with Gasteiger partial charge in [-0.15, -0.1) is 0 Å². The van der Waals surface area contributed by atoms with Gasteiger partial charge in [0.05, 0.1) is 13.2 Å². The first-order valence-corrected chi connectivity index (χ1v) is 6.20. The Hall–Kier alpha value is -1.35. The van der Waals surface area contributed by atoms with Crippen LogP contribution in [0, 0.1) is 0 Å². The van der Waals surface area contributed by atoms with Crippen molar-refractivity contribution in [3.63, 3.8) is 0 Å². The maximum atomic E-state index is 11.5.